The van der Waals surface area contributed by atoms with E-state index < -0.39 is 0 Å². The fourth-order valence-electron chi connectivity index (χ4n) is 1.15. The first-order chi connectivity index (χ1) is 8.54. The Balaban J connectivity index is 2.51. The van der Waals surface area contributed by atoms with Gasteiger partial charge in [-0.2, -0.15) is 0 Å². The van der Waals surface area contributed by atoms with Gasteiger partial charge in [0.25, 0.3) is 5.91 Å². The lowest BCUT2D eigenvalue weighted by Gasteiger charge is -2.10. The minimum absolute atomic E-state index is 0.121. The Labute approximate surface area is 124 Å². The fourth-order valence-corrected chi connectivity index (χ4v) is 2.52. The molecule has 1 aromatic carbocycles. The SMILES string of the molecule is COCCNC(=O)COc1c(Cl)cc(Cl)cc1Br. The van der Waals surface area contributed by atoms with E-state index in [0.717, 1.165) is 0 Å². The van der Waals surface area contributed by atoms with E-state index >= 15 is 0 Å². The van der Waals surface area contributed by atoms with Gasteiger partial charge in [-0.1, -0.05) is 23.2 Å². The van der Waals surface area contributed by atoms with Crippen molar-refractivity contribution in [1.29, 1.82) is 0 Å². The molecule has 4 nitrogen and oxygen atoms in total. The van der Waals surface area contributed by atoms with E-state index in [2.05, 4.69) is 21.2 Å². The Bertz CT molecular complexity index is 406. The summed E-state index contributed by atoms with van der Waals surface area (Å²) in [6, 6.07) is 3.19. The molecule has 0 aromatic heterocycles. The summed E-state index contributed by atoms with van der Waals surface area (Å²) in [6.07, 6.45) is 0. The molecule has 1 N–H and O–H groups in total. The van der Waals surface area contributed by atoms with E-state index in [9.17, 15) is 4.79 Å². The molecule has 0 aliphatic heterocycles. The molecule has 18 heavy (non-hydrogen) atoms. The summed E-state index contributed by atoms with van der Waals surface area (Å²) in [6.45, 7) is 0.773. The molecule has 7 heteroatoms. The van der Waals surface area contributed by atoms with Crippen LogP contribution in [0.15, 0.2) is 16.6 Å². The van der Waals surface area contributed by atoms with Crippen molar-refractivity contribution in [3.05, 3.63) is 26.7 Å². The van der Waals surface area contributed by atoms with Gasteiger partial charge in [-0.05, 0) is 28.1 Å². The van der Waals surface area contributed by atoms with Crippen molar-refractivity contribution in [2.75, 3.05) is 26.9 Å². The van der Waals surface area contributed by atoms with E-state index in [1.54, 1.807) is 19.2 Å². The number of halogens is 3. The Morgan fingerprint density at radius 1 is 1.44 bits per heavy atom. The number of carbonyl (C=O) groups excluding carboxylic acids is 1. The molecule has 1 aromatic rings. The molecule has 0 aliphatic rings. The summed E-state index contributed by atoms with van der Waals surface area (Å²) in [5, 5.41) is 3.47. The number of ether oxygens (including phenoxy) is 2. The lowest BCUT2D eigenvalue weighted by molar-refractivity contribution is -0.123. The molecule has 100 valence electrons. The standard InChI is InChI=1S/C11H12BrCl2NO3/c1-17-3-2-15-10(16)6-18-11-8(12)4-7(13)5-9(11)14/h4-5H,2-3,6H2,1H3,(H,15,16). The molecular weight excluding hydrogens is 345 g/mol. The number of nitrogens with one attached hydrogen (secondary N) is 1. The minimum atomic E-state index is -0.245. The second-order valence-corrected chi connectivity index (χ2v) is 5.03. The molecule has 0 aliphatic carbocycles. The van der Waals surface area contributed by atoms with Crippen LogP contribution in [0.1, 0.15) is 0 Å². The maximum atomic E-state index is 11.4. The van der Waals surface area contributed by atoms with Crippen LogP contribution < -0.4 is 10.1 Å². The topological polar surface area (TPSA) is 47.6 Å². The Hall–Kier alpha value is -0.490. The molecule has 0 spiro atoms. The predicted molar refractivity (Wildman–Crippen MR) is 74.5 cm³/mol. The highest BCUT2D eigenvalue weighted by atomic mass is 79.9. The summed E-state index contributed by atoms with van der Waals surface area (Å²) in [7, 11) is 1.56. The van der Waals surface area contributed by atoms with Gasteiger partial charge in [-0.15, -0.1) is 0 Å². The van der Waals surface area contributed by atoms with E-state index in [0.29, 0.717) is 33.4 Å². The van der Waals surface area contributed by atoms with Crippen LogP contribution in [0, 0.1) is 0 Å². The van der Waals surface area contributed by atoms with Crippen LogP contribution in [0.5, 0.6) is 5.75 Å². The van der Waals surface area contributed by atoms with Crippen molar-refractivity contribution >= 4 is 45.0 Å². The van der Waals surface area contributed by atoms with Gasteiger partial charge in [-0.3, -0.25) is 4.79 Å². The number of hydrogen-bond acceptors (Lipinski definition) is 3. The molecule has 1 amide bonds. The highest BCUT2D eigenvalue weighted by Crippen LogP contribution is 2.35. The van der Waals surface area contributed by atoms with Crippen molar-refractivity contribution in [3.63, 3.8) is 0 Å². The second-order valence-electron chi connectivity index (χ2n) is 3.33. The zero-order chi connectivity index (χ0) is 13.5. The van der Waals surface area contributed by atoms with Gasteiger partial charge < -0.3 is 14.8 Å². The normalized spacial score (nSPS) is 10.2. The first kappa shape index (κ1) is 15.6. The molecule has 0 atom stereocenters. The van der Waals surface area contributed by atoms with Crippen LogP contribution >= 0.6 is 39.1 Å². The average Bonchev–Trinajstić information content (AvgIpc) is 2.27. The van der Waals surface area contributed by atoms with Gasteiger partial charge in [0.05, 0.1) is 16.1 Å². The first-order valence-electron chi connectivity index (χ1n) is 5.07. The van der Waals surface area contributed by atoms with E-state index in [4.69, 9.17) is 32.7 Å². The lowest BCUT2D eigenvalue weighted by atomic mass is 10.3. The quantitative estimate of drug-likeness (QED) is 0.797. The summed E-state index contributed by atoms with van der Waals surface area (Å²) in [4.78, 5) is 11.4. The fraction of sp³-hybridized carbons (Fsp3) is 0.364. The van der Waals surface area contributed by atoms with Crippen LogP contribution in [0.25, 0.3) is 0 Å². The Morgan fingerprint density at radius 3 is 2.78 bits per heavy atom. The molecule has 1 rings (SSSR count). The number of hydrogen-bond donors (Lipinski definition) is 1. The van der Waals surface area contributed by atoms with Crippen LogP contribution in [0.4, 0.5) is 0 Å². The average molecular weight is 357 g/mol. The lowest BCUT2D eigenvalue weighted by Crippen LogP contribution is -2.31. The summed E-state index contributed by atoms with van der Waals surface area (Å²) in [5.41, 5.74) is 0. The van der Waals surface area contributed by atoms with Gasteiger partial charge >= 0.3 is 0 Å². The monoisotopic (exact) mass is 355 g/mol. The van der Waals surface area contributed by atoms with Crippen molar-refractivity contribution in [1.82, 2.24) is 5.32 Å². The molecule has 0 fully saturated rings. The van der Waals surface area contributed by atoms with E-state index in [-0.39, 0.29) is 12.5 Å². The summed E-state index contributed by atoms with van der Waals surface area (Å²) in [5.74, 6) is 0.146. The van der Waals surface area contributed by atoms with Gasteiger partial charge in [0, 0.05) is 18.7 Å². The Morgan fingerprint density at radius 2 is 2.17 bits per heavy atom. The van der Waals surface area contributed by atoms with Crippen molar-refractivity contribution in [2.24, 2.45) is 0 Å². The van der Waals surface area contributed by atoms with Crippen molar-refractivity contribution in [3.8, 4) is 5.75 Å². The third-order valence-corrected chi connectivity index (χ3v) is 3.03. The van der Waals surface area contributed by atoms with Crippen LogP contribution in [0.3, 0.4) is 0 Å². The maximum Gasteiger partial charge on any atom is 0.258 e. The van der Waals surface area contributed by atoms with Gasteiger partial charge in [0.15, 0.2) is 12.4 Å². The van der Waals surface area contributed by atoms with Crippen LogP contribution in [-0.4, -0.2) is 32.8 Å². The van der Waals surface area contributed by atoms with Gasteiger partial charge in [-0.25, -0.2) is 0 Å². The zero-order valence-electron chi connectivity index (χ0n) is 9.63. The van der Waals surface area contributed by atoms with E-state index in [1.165, 1.54) is 0 Å². The number of rotatable bonds is 6. The van der Waals surface area contributed by atoms with E-state index in [1.807, 2.05) is 0 Å². The summed E-state index contributed by atoms with van der Waals surface area (Å²) >= 11 is 15.0. The van der Waals surface area contributed by atoms with Crippen molar-refractivity contribution in [2.45, 2.75) is 0 Å². The van der Waals surface area contributed by atoms with Crippen LogP contribution in [-0.2, 0) is 9.53 Å². The number of methoxy groups -OCH3 is 1. The molecular formula is C11H12BrCl2NO3. The predicted octanol–water partition coefficient (Wildman–Crippen LogP) is 2.90. The van der Waals surface area contributed by atoms with Crippen molar-refractivity contribution < 1.29 is 14.3 Å². The smallest absolute Gasteiger partial charge is 0.258 e. The highest BCUT2D eigenvalue weighted by Gasteiger charge is 2.10. The van der Waals surface area contributed by atoms with Gasteiger partial charge in [0.2, 0.25) is 0 Å². The molecule has 0 heterocycles. The van der Waals surface area contributed by atoms with Crippen LogP contribution in [0.2, 0.25) is 10.0 Å². The minimum Gasteiger partial charge on any atom is -0.481 e. The summed E-state index contributed by atoms with van der Waals surface area (Å²) < 4.78 is 10.7. The highest BCUT2D eigenvalue weighted by molar-refractivity contribution is 9.10. The molecule has 0 saturated carbocycles. The largest absolute Gasteiger partial charge is 0.481 e. The molecule has 0 bridgehead atoms. The number of carbonyl (C=O) groups is 1. The number of amides is 1. The van der Waals surface area contributed by atoms with Gasteiger partial charge in [0.1, 0.15) is 0 Å². The zero-order valence-corrected chi connectivity index (χ0v) is 12.7. The second kappa shape index (κ2) is 7.84. The molecule has 0 saturated heterocycles. The third kappa shape index (κ3) is 5.02. The molecule has 0 unspecified atom stereocenters. The maximum absolute atomic E-state index is 11.4. The third-order valence-electron chi connectivity index (χ3n) is 1.94. The first-order valence-corrected chi connectivity index (χ1v) is 6.62. The molecule has 0 radical (unpaired) electrons. The number of benzene rings is 1. The Kier molecular flexibility index (Phi) is 6.78.